The number of benzene rings is 1. The molecule has 0 aliphatic carbocycles. The molecule has 0 fully saturated rings. The number of carbonyl (C=O) groups excluding carboxylic acids is 1. The van der Waals surface area contributed by atoms with E-state index in [1.807, 2.05) is 24.3 Å². The molecule has 0 aromatic heterocycles. The molecule has 1 aliphatic rings. The van der Waals surface area contributed by atoms with E-state index in [1.165, 1.54) is 6.92 Å². The van der Waals surface area contributed by atoms with Gasteiger partial charge in [0.05, 0.1) is 12.7 Å². The second kappa shape index (κ2) is 6.58. The lowest BCUT2D eigenvalue weighted by Crippen LogP contribution is -2.48. The molecular weight excluding hydrogens is 274 g/mol. The molecule has 0 saturated carbocycles. The first kappa shape index (κ1) is 15.3. The number of amides is 1. The standard InChI is InChI=1S/C15H19NO5/c1-9(17)14(15(19)20)16-13(18)8-10-6-7-21-12-5-3-2-4-11(10)12/h2-5,9-10,14,17H,6-8H2,1H3,(H,16,18)(H,19,20)/t9-,10?,14+/m1/s1. The third-order valence-electron chi connectivity index (χ3n) is 3.58. The van der Waals surface area contributed by atoms with Crippen molar-refractivity contribution in [2.24, 2.45) is 0 Å². The number of para-hydroxylation sites is 1. The molecule has 2 rings (SSSR count). The number of aliphatic hydroxyl groups excluding tert-OH is 1. The highest BCUT2D eigenvalue weighted by atomic mass is 16.5. The number of aliphatic carboxylic acids is 1. The van der Waals surface area contributed by atoms with E-state index >= 15 is 0 Å². The zero-order chi connectivity index (χ0) is 15.4. The minimum atomic E-state index is -1.28. The number of hydrogen-bond donors (Lipinski definition) is 3. The lowest BCUT2D eigenvalue weighted by molar-refractivity contribution is -0.144. The number of carboxylic acid groups (broad SMARTS) is 1. The Balaban J connectivity index is 2.02. The fourth-order valence-corrected chi connectivity index (χ4v) is 2.47. The summed E-state index contributed by atoms with van der Waals surface area (Å²) in [6.45, 7) is 1.87. The molecule has 0 saturated heterocycles. The smallest absolute Gasteiger partial charge is 0.328 e. The van der Waals surface area contributed by atoms with E-state index in [4.69, 9.17) is 9.84 Å². The first-order chi connectivity index (χ1) is 9.99. The first-order valence-electron chi connectivity index (χ1n) is 6.91. The highest BCUT2D eigenvalue weighted by Gasteiger charge is 2.28. The van der Waals surface area contributed by atoms with Crippen molar-refractivity contribution < 1.29 is 24.5 Å². The third-order valence-corrected chi connectivity index (χ3v) is 3.58. The summed E-state index contributed by atoms with van der Waals surface area (Å²) in [6, 6.07) is 6.24. The number of hydrogen-bond acceptors (Lipinski definition) is 4. The molecule has 114 valence electrons. The van der Waals surface area contributed by atoms with Crippen LogP contribution in [-0.2, 0) is 9.59 Å². The maximum Gasteiger partial charge on any atom is 0.328 e. The summed E-state index contributed by atoms with van der Waals surface area (Å²) in [5.74, 6) is -0.860. The van der Waals surface area contributed by atoms with Crippen molar-refractivity contribution in [1.82, 2.24) is 5.32 Å². The first-order valence-corrected chi connectivity index (χ1v) is 6.91. The van der Waals surface area contributed by atoms with E-state index in [0.29, 0.717) is 13.0 Å². The van der Waals surface area contributed by atoms with Gasteiger partial charge in [-0.05, 0) is 30.9 Å². The monoisotopic (exact) mass is 293 g/mol. The van der Waals surface area contributed by atoms with Crippen LogP contribution in [0.2, 0.25) is 0 Å². The maximum atomic E-state index is 12.0. The molecule has 21 heavy (non-hydrogen) atoms. The van der Waals surface area contributed by atoms with Gasteiger partial charge in [0, 0.05) is 6.42 Å². The van der Waals surface area contributed by atoms with Crippen LogP contribution in [0.5, 0.6) is 5.75 Å². The Morgan fingerprint density at radius 2 is 2.14 bits per heavy atom. The number of aliphatic hydroxyl groups is 1. The van der Waals surface area contributed by atoms with Crippen LogP contribution in [0.3, 0.4) is 0 Å². The second-order valence-electron chi connectivity index (χ2n) is 5.20. The van der Waals surface area contributed by atoms with Gasteiger partial charge in [-0.15, -0.1) is 0 Å². The summed E-state index contributed by atoms with van der Waals surface area (Å²) in [6.07, 6.45) is -0.262. The van der Waals surface area contributed by atoms with Gasteiger partial charge in [-0.1, -0.05) is 18.2 Å². The molecule has 1 aliphatic heterocycles. The molecule has 0 spiro atoms. The number of carboxylic acids is 1. The highest BCUT2D eigenvalue weighted by Crippen LogP contribution is 2.35. The molecule has 1 aromatic rings. The maximum absolute atomic E-state index is 12.0. The van der Waals surface area contributed by atoms with Crippen LogP contribution >= 0.6 is 0 Å². The molecule has 6 heteroatoms. The molecular formula is C15H19NO5. The zero-order valence-corrected chi connectivity index (χ0v) is 11.8. The summed E-state index contributed by atoms with van der Waals surface area (Å²) < 4.78 is 5.53. The van der Waals surface area contributed by atoms with Gasteiger partial charge in [0.1, 0.15) is 5.75 Å². The SMILES string of the molecule is C[C@@H](O)[C@H](NC(=O)CC1CCOc2ccccc21)C(=O)O. The van der Waals surface area contributed by atoms with Gasteiger partial charge < -0.3 is 20.3 Å². The number of rotatable bonds is 5. The summed E-state index contributed by atoms with van der Waals surface area (Å²) >= 11 is 0. The van der Waals surface area contributed by atoms with Crippen LogP contribution in [0.1, 0.15) is 31.2 Å². The number of nitrogens with one attached hydrogen (secondary N) is 1. The summed E-state index contributed by atoms with van der Waals surface area (Å²) in [5.41, 5.74) is 0.961. The molecule has 1 heterocycles. The Hall–Kier alpha value is -2.08. The average Bonchev–Trinajstić information content (AvgIpc) is 2.44. The fourth-order valence-electron chi connectivity index (χ4n) is 2.47. The zero-order valence-electron chi connectivity index (χ0n) is 11.8. The number of carbonyl (C=O) groups is 2. The van der Waals surface area contributed by atoms with Crippen LogP contribution in [0.15, 0.2) is 24.3 Å². The van der Waals surface area contributed by atoms with E-state index < -0.39 is 18.1 Å². The second-order valence-corrected chi connectivity index (χ2v) is 5.20. The Kier molecular flexibility index (Phi) is 4.80. The molecule has 1 amide bonds. The van der Waals surface area contributed by atoms with Crippen molar-refractivity contribution in [2.75, 3.05) is 6.61 Å². The predicted molar refractivity (Wildman–Crippen MR) is 75.2 cm³/mol. The van der Waals surface area contributed by atoms with E-state index in [2.05, 4.69) is 5.32 Å². The fraction of sp³-hybridized carbons (Fsp3) is 0.467. The lowest BCUT2D eigenvalue weighted by Gasteiger charge is -2.26. The van der Waals surface area contributed by atoms with Crippen molar-refractivity contribution in [2.45, 2.75) is 37.8 Å². The molecule has 0 bridgehead atoms. The van der Waals surface area contributed by atoms with Crippen molar-refractivity contribution in [3.8, 4) is 5.75 Å². The van der Waals surface area contributed by atoms with Gasteiger partial charge in [0.2, 0.25) is 5.91 Å². The van der Waals surface area contributed by atoms with Gasteiger partial charge in [0.15, 0.2) is 6.04 Å². The summed E-state index contributed by atoms with van der Waals surface area (Å²) in [5, 5.41) is 20.7. The molecule has 1 aromatic carbocycles. The van der Waals surface area contributed by atoms with Gasteiger partial charge in [-0.3, -0.25) is 4.79 Å². The molecule has 3 N–H and O–H groups in total. The largest absolute Gasteiger partial charge is 0.493 e. The third kappa shape index (κ3) is 3.72. The molecule has 0 radical (unpaired) electrons. The van der Waals surface area contributed by atoms with Crippen molar-refractivity contribution in [1.29, 1.82) is 0 Å². The van der Waals surface area contributed by atoms with Crippen LogP contribution in [0.4, 0.5) is 0 Å². The van der Waals surface area contributed by atoms with E-state index in [9.17, 15) is 14.7 Å². The predicted octanol–water partition coefficient (Wildman–Crippen LogP) is 0.893. The molecule has 6 nitrogen and oxygen atoms in total. The summed E-state index contributed by atoms with van der Waals surface area (Å²) in [4.78, 5) is 23.0. The van der Waals surface area contributed by atoms with Crippen molar-refractivity contribution in [3.63, 3.8) is 0 Å². The van der Waals surface area contributed by atoms with Crippen LogP contribution in [0.25, 0.3) is 0 Å². The van der Waals surface area contributed by atoms with Crippen LogP contribution < -0.4 is 10.1 Å². The minimum Gasteiger partial charge on any atom is -0.493 e. The Bertz CT molecular complexity index is 529. The van der Waals surface area contributed by atoms with Crippen LogP contribution in [0, 0.1) is 0 Å². The minimum absolute atomic E-state index is 0.00149. The van der Waals surface area contributed by atoms with E-state index in [0.717, 1.165) is 11.3 Å². The highest BCUT2D eigenvalue weighted by molar-refractivity contribution is 5.84. The van der Waals surface area contributed by atoms with Crippen LogP contribution in [-0.4, -0.2) is 40.8 Å². The average molecular weight is 293 g/mol. The van der Waals surface area contributed by atoms with E-state index in [-0.39, 0.29) is 18.2 Å². The van der Waals surface area contributed by atoms with Gasteiger partial charge in [-0.2, -0.15) is 0 Å². The Morgan fingerprint density at radius 3 is 2.81 bits per heavy atom. The Labute approximate surface area is 122 Å². The van der Waals surface area contributed by atoms with Gasteiger partial charge in [-0.25, -0.2) is 4.79 Å². The number of ether oxygens (including phenoxy) is 1. The topological polar surface area (TPSA) is 95.9 Å². The molecule has 3 atom stereocenters. The van der Waals surface area contributed by atoms with Crippen molar-refractivity contribution >= 4 is 11.9 Å². The van der Waals surface area contributed by atoms with E-state index in [1.54, 1.807) is 0 Å². The molecule has 1 unspecified atom stereocenters. The quantitative estimate of drug-likeness (QED) is 0.749. The summed E-state index contributed by atoms with van der Waals surface area (Å²) in [7, 11) is 0. The van der Waals surface area contributed by atoms with Gasteiger partial charge >= 0.3 is 5.97 Å². The normalized spacial score (nSPS) is 19.8. The lowest BCUT2D eigenvalue weighted by atomic mass is 9.90. The Morgan fingerprint density at radius 1 is 1.43 bits per heavy atom. The number of fused-ring (bicyclic) bond motifs is 1. The van der Waals surface area contributed by atoms with Gasteiger partial charge in [0.25, 0.3) is 0 Å². The van der Waals surface area contributed by atoms with Crippen molar-refractivity contribution in [3.05, 3.63) is 29.8 Å².